The Morgan fingerprint density at radius 1 is 1.00 bits per heavy atom. The Balaban J connectivity index is 1.65. The summed E-state index contributed by atoms with van der Waals surface area (Å²) in [6.45, 7) is -0.0414. The molecule has 5 nitrogen and oxygen atoms in total. The van der Waals surface area contributed by atoms with Crippen LogP contribution in [-0.2, 0) is 22.5 Å². The quantitative estimate of drug-likeness (QED) is 0.408. The van der Waals surface area contributed by atoms with Gasteiger partial charge in [0.2, 0.25) is 0 Å². The summed E-state index contributed by atoms with van der Waals surface area (Å²) in [4.78, 5) is 29.4. The van der Waals surface area contributed by atoms with Crippen LogP contribution in [0.2, 0.25) is 5.02 Å². The van der Waals surface area contributed by atoms with Gasteiger partial charge in [-0.25, -0.2) is 0 Å². The zero-order valence-electron chi connectivity index (χ0n) is 16.7. The van der Waals surface area contributed by atoms with Crippen LogP contribution in [0.1, 0.15) is 21.5 Å². The van der Waals surface area contributed by atoms with E-state index in [1.165, 1.54) is 24.0 Å². The van der Waals surface area contributed by atoms with E-state index in [4.69, 9.17) is 16.3 Å². The number of amides is 1. The molecule has 0 N–H and O–H groups in total. The Morgan fingerprint density at radius 2 is 1.71 bits per heavy atom. The van der Waals surface area contributed by atoms with E-state index in [-0.39, 0.29) is 12.5 Å². The number of benzene rings is 3. The third-order valence-corrected chi connectivity index (χ3v) is 6.09. The number of esters is 1. The number of thiazole rings is 1. The van der Waals surface area contributed by atoms with Crippen molar-refractivity contribution in [3.05, 3.63) is 99.3 Å². The molecule has 0 atom stereocenters. The first-order valence-corrected chi connectivity index (χ1v) is 10.8. The first-order chi connectivity index (χ1) is 15.0. The van der Waals surface area contributed by atoms with Gasteiger partial charge in [0, 0.05) is 10.6 Å². The number of hydrogen-bond donors (Lipinski definition) is 0. The zero-order chi connectivity index (χ0) is 21.8. The number of rotatable bonds is 5. The number of hydrogen-bond acceptors (Lipinski definition) is 4. The molecule has 31 heavy (non-hydrogen) atoms. The predicted molar refractivity (Wildman–Crippen MR) is 122 cm³/mol. The fourth-order valence-corrected chi connectivity index (χ4v) is 4.53. The van der Waals surface area contributed by atoms with Gasteiger partial charge in [-0.1, -0.05) is 65.4 Å². The second-order valence-electron chi connectivity index (χ2n) is 6.94. The molecule has 1 heterocycles. The summed E-state index contributed by atoms with van der Waals surface area (Å²) in [6.07, 6.45) is 0.794. The molecule has 0 saturated carbocycles. The molecule has 0 bridgehead atoms. The van der Waals surface area contributed by atoms with Crippen LogP contribution in [0.25, 0.3) is 10.2 Å². The lowest BCUT2D eigenvalue weighted by atomic mass is 10.0. The summed E-state index contributed by atoms with van der Waals surface area (Å²) >= 11 is 7.40. The van der Waals surface area contributed by atoms with Crippen molar-refractivity contribution in [3.63, 3.8) is 0 Å². The molecule has 0 saturated heterocycles. The first-order valence-electron chi connectivity index (χ1n) is 9.61. The summed E-state index contributed by atoms with van der Waals surface area (Å²) in [7, 11) is 1.33. The van der Waals surface area contributed by atoms with Gasteiger partial charge < -0.3 is 9.30 Å². The smallest absolute Gasteiger partial charge is 0.325 e. The van der Waals surface area contributed by atoms with Crippen molar-refractivity contribution in [1.82, 2.24) is 4.57 Å². The number of carbonyl (C=O) groups excluding carboxylic acids is 2. The fourth-order valence-electron chi connectivity index (χ4n) is 3.23. The lowest BCUT2D eigenvalue weighted by Gasteiger charge is -2.04. The van der Waals surface area contributed by atoms with E-state index in [0.717, 1.165) is 22.2 Å². The summed E-state index contributed by atoms with van der Waals surface area (Å²) in [5.74, 6) is -0.795. The SMILES string of the molecule is COC(=O)Cn1c(=NC(=O)c2ccc(Cc3ccccc3)cc2)sc2cc(Cl)ccc21. The van der Waals surface area contributed by atoms with Gasteiger partial charge in [0.25, 0.3) is 5.91 Å². The molecule has 4 rings (SSSR count). The molecule has 1 amide bonds. The van der Waals surface area contributed by atoms with Crippen LogP contribution < -0.4 is 4.80 Å². The molecule has 0 radical (unpaired) electrons. The van der Waals surface area contributed by atoms with Crippen molar-refractivity contribution < 1.29 is 14.3 Å². The molecule has 3 aromatic carbocycles. The molecule has 4 aromatic rings. The van der Waals surface area contributed by atoms with Gasteiger partial charge in [0.15, 0.2) is 4.80 Å². The third-order valence-electron chi connectivity index (χ3n) is 4.81. The number of fused-ring (bicyclic) bond motifs is 1. The van der Waals surface area contributed by atoms with Crippen LogP contribution in [0.5, 0.6) is 0 Å². The van der Waals surface area contributed by atoms with Gasteiger partial charge >= 0.3 is 5.97 Å². The second kappa shape index (κ2) is 9.29. The number of halogens is 1. The van der Waals surface area contributed by atoms with Crippen molar-refractivity contribution >= 4 is 45.0 Å². The molecule has 0 aliphatic heterocycles. The van der Waals surface area contributed by atoms with Crippen LogP contribution in [0.3, 0.4) is 0 Å². The van der Waals surface area contributed by atoms with E-state index in [1.807, 2.05) is 30.3 Å². The maximum Gasteiger partial charge on any atom is 0.325 e. The summed E-state index contributed by atoms with van der Waals surface area (Å²) in [5, 5.41) is 0.575. The molecule has 156 valence electrons. The maximum atomic E-state index is 12.8. The molecule has 7 heteroatoms. The minimum absolute atomic E-state index is 0.0414. The highest BCUT2D eigenvalue weighted by molar-refractivity contribution is 7.16. The standard InChI is InChI=1S/C24H19ClN2O3S/c1-30-22(28)15-27-20-12-11-19(25)14-21(20)31-24(27)26-23(29)18-9-7-17(8-10-18)13-16-5-3-2-4-6-16/h2-12,14H,13,15H2,1H3. The van der Waals surface area contributed by atoms with Crippen molar-refractivity contribution in [1.29, 1.82) is 0 Å². The first kappa shape index (κ1) is 21.0. The molecule has 0 unspecified atom stereocenters. The van der Waals surface area contributed by atoms with E-state index in [0.29, 0.717) is 15.4 Å². The highest BCUT2D eigenvalue weighted by Crippen LogP contribution is 2.22. The summed E-state index contributed by atoms with van der Waals surface area (Å²) < 4.78 is 7.30. The van der Waals surface area contributed by atoms with Crippen molar-refractivity contribution in [3.8, 4) is 0 Å². The molecule has 0 fully saturated rings. The predicted octanol–water partition coefficient (Wildman–Crippen LogP) is 4.86. The number of methoxy groups -OCH3 is 1. The lowest BCUT2D eigenvalue weighted by Crippen LogP contribution is -2.22. The molecular weight excluding hydrogens is 432 g/mol. The number of ether oxygens (including phenoxy) is 1. The Hall–Kier alpha value is -3.22. The van der Waals surface area contributed by atoms with E-state index < -0.39 is 5.97 Å². The van der Waals surface area contributed by atoms with Gasteiger partial charge in [-0.3, -0.25) is 9.59 Å². The van der Waals surface area contributed by atoms with Crippen LogP contribution >= 0.6 is 22.9 Å². The monoisotopic (exact) mass is 450 g/mol. The number of carbonyl (C=O) groups is 2. The van der Waals surface area contributed by atoms with E-state index in [2.05, 4.69) is 17.1 Å². The highest BCUT2D eigenvalue weighted by Gasteiger charge is 2.13. The number of nitrogens with zero attached hydrogens (tertiary/aromatic N) is 2. The number of aromatic nitrogens is 1. The van der Waals surface area contributed by atoms with Gasteiger partial charge in [0.1, 0.15) is 6.54 Å². The van der Waals surface area contributed by atoms with Crippen molar-refractivity contribution in [2.45, 2.75) is 13.0 Å². The minimum atomic E-state index is -0.422. The van der Waals surface area contributed by atoms with Crippen LogP contribution in [0.15, 0.2) is 77.8 Å². The van der Waals surface area contributed by atoms with Gasteiger partial charge in [-0.2, -0.15) is 4.99 Å². The van der Waals surface area contributed by atoms with Crippen molar-refractivity contribution in [2.24, 2.45) is 4.99 Å². The molecule has 0 aliphatic rings. The molecule has 0 spiro atoms. The fraction of sp³-hybridized carbons (Fsp3) is 0.125. The van der Waals surface area contributed by atoms with E-state index >= 15 is 0 Å². The summed E-state index contributed by atoms with van der Waals surface area (Å²) in [5.41, 5.74) is 3.57. The van der Waals surface area contributed by atoms with Crippen molar-refractivity contribution in [2.75, 3.05) is 7.11 Å². The van der Waals surface area contributed by atoms with E-state index in [9.17, 15) is 9.59 Å². The highest BCUT2D eigenvalue weighted by atomic mass is 35.5. The van der Waals surface area contributed by atoms with E-state index in [1.54, 1.807) is 34.9 Å². The zero-order valence-corrected chi connectivity index (χ0v) is 18.3. The average Bonchev–Trinajstić information content (AvgIpc) is 3.10. The summed E-state index contributed by atoms with van der Waals surface area (Å²) in [6, 6.07) is 22.9. The second-order valence-corrected chi connectivity index (χ2v) is 8.38. The van der Waals surface area contributed by atoms with Crippen LogP contribution in [0, 0.1) is 0 Å². The Bertz CT molecular complexity index is 1310. The topological polar surface area (TPSA) is 60.7 Å². The Labute approximate surface area is 188 Å². The van der Waals surface area contributed by atoms with Crippen LogP contribution in [-0.4, -0.2) is 23.6 Å². The Morgan fingerprint density at radius 3 is 2.42 bits per heavy atom. The average molecular weight is 451 g/mol. The normalized spacial score (nSPS) is 11.6. The minimum Gasteiger partial charge on any atom is -0.468 e. The molecule has 1 aromatic heterocycles. The molecule has 0 aliphatic carbocycles. The lowest BCUT2D eigenvalue weighted by molar-refractivity contribution is -0.141. The largest absolute Gasteiger partial charge is 0.468 e. The third kappa shape index (κ3) is 4.93. The molecular formula is C24H19ClN2O3S. The van der Waals surface area contributed by atoms with Gasteiger partial charge in [0.05, 0.1) is 17.3 Å². The van der Waals surface area contributed by atoms with Gasteiger partial charge in [-0.15, -0.1) is 0 Å². The maximum absolute atomic E-state index is 12.8. The Kier molecular flexibility index (Phi) is 6.30. The van der Waals surface area contributed by atoms with Crippen LogP contribution in [0.4, 0.5) is 0 Å². The van der Waals surface area contributed by atoms with Gasteiger partial charge in [-0.05, 0) is 47.9 Å².